The van der Waals surface area contributed by atoms with Gasteiger partial charge in [-0.05, 0) is 44.0 Å². The van der Waals surface area contributed by atoms with Crippen LogP contribution in [0.1, 0.15) is 29.6 Å². The number of aromatic nitrogens is 4. The third kappa shape index (κ3) is 2.24. The summed E-state index contributed by atoms with van der Waals surface area (Å²) in [5, 5.41) is 8.29. The van der Waals surface area contributed by atoms with Gasteiger partial charge in [0.15, 0.2) is 0 Å². The van der Waals surface area contributed by atoms with Crippen molar-refractivity contribution in [2.75, 3.05) is 5.73 Å². The normalized spacial score (nSPS) is 11.2. The monoisotopic (exact) mass is 281 g/mol. The minimum absolute atomic E-state index is 0.500. The van der Waals surface area contributed by atoms with Crippen LogP contribution in [-0.2, 0) is 13.0 Å². The molecule has 0 saturated carbocycles. The van der Waals surface area contributed by atoms with Crippen LogP contribution in [0.2, 0.25) is 0 Å². The summed E-state index contributed by atoms with van der Waals surface area (Å²) in [4.78, 5) is 4.74. The fourth-order valence-electron chi connectivity index (χ4n) is 2.60. The summed E-state index contributed by atoms with van der Waals surface area (Å²) in [6.07, 6.45) is 0.669. The number of nitrogens with two attached hydrogens (primary N) is 1. The molecule has 0 unspecified atom stereocenters. The van der Waals surface area contributed by atoms with Gasteiger partial charge in [0.2, 0.25) is 0 Å². The molecule has 3 aromatic rings. The van der Waals surface area contributed by atoms with E-state index in [1.165, 1.54) is 0 Å². The third-order valence-corrected chi connectivity index (χ3v) is 4.03. The van der Waals surface area contributed by atoms with E-state index in [4.69, 9.17) is 10.7 Å². The van der Waals surface area contributed by atoms with Gasteiger partial charge < -0.3 is 10.3 Å². The maximum absolute atomic E-state index is 5.81. The van der Waals surface area contributed by atoms with Crippen LogP contribution in [0, 0.1) is 13.8 Å². The van der Waals surface area contributed by atoms with Crippen LogP contribution in [0.15, 0.2) is 24.3 Å². The van der Waals surface area contributed by atoms with Crippen molar-refractivity contribution in [1.82, 2.24) is 19.7 Å². The molecule has 0 saturated heterocycles. The molecule has 2 aromatic heterocycles. The number of imidazole rings is 1. The summed E-state index contributed by atoms with van der Waals surface area (Å²) < 4.78 is 2.22. The van der Waals surface area contributed by atoms with Crippen molar-refractivity contribution in [2.45, 2.75) is 33.7 Å². The van der Waals surface area contributed by atoms with Crippen molar-refractivity contribution >= 4 is 16.9 Å². The summed E-state index contributed by atoms with van der Waals surface area (Å²) in [6.45, 7) is 7.03. The van der Waals surface area contributed by atoms with E-state index in [0.717, 1.165) is 40.2 Å². The molecule has 3 rings (SSSR count). The van der Waals surface area contributed by atoms with E-state index in [9.17, 15) is 0 Å². The summed E-state index contributed by atoms with van der Waals surface area (Å²) in [6, 6.07) is 8.19. The smallest absolute Gasteiger partial charge is 0.149 e. The Balaban J connectivity index is 2.08. The molecule has 0 radical (unpaired) electrons. The van der Waals surface area contributed by atoms with Crippen LogP contribution >= 0.6 is 0 Å². The number of hydrogen-bond donors (Lipinski definition) is 1. The lowest BCUT2D eigenvalue weighted by atomic mass is 10.1. The Bertz CT molecular complexity index is 804. The summed E-state index contributed by atoms with van der Waals surface area (Å²) in [7, 11) is 0. The molecular formula is C16H19N5. The van der Waals surface area contributed by atoms with Crippen molar-refractivity contribution in [2.24, 2.45) is 0 Å². The lowest BCUT2D eigenvalue weighted by molar-refractivity contribution is 0.723. The highest BCUT2D eigenvalue weighted by molar-refractivity contribution is 5.76. The Labute approximate surface area is 123 Å². The SMILES string of the molecule is CCn1c(Cc2nnc(N)c(C)c2C)nc2ccccc21. The van der Waals surface area contributed by atoms with Crippen LogP contribution in [0.4, 0.5) is 5.82 Å². The fourth-order valence-corrected chi connectivity index (χ4v) is 2.60. The third-order valence-electron chi connectivity index (χ3n) is 4.03. The Kier molecular flexibility index (Phi) is 3.33. The first-order chi connectivity index (χ1) is 10.1. The predicted octanol–water partition coefficient (Wildman–Crippen LogP) is 2.64. The van der Waals surface area contributed by atoms with Crippen LogP contribution < -0.4 is 5.73 Å². The van der Waals surface area contributed by atoms with Crippen LogP contribution in [0.3, 0.4) is 0 Å². The molecule has 0 amide bonds. The zero-order valence-electron chi connectivity index (χ0n) is 12.6. The van der Waals surface area contributed by atoms with E-state index in [1.54, 1.807) is 0 Å². The van der Waals surface area contributed by atoms with Gasteiger partial charge in [0.05, 0.1) is 23.1 Å². The van der Waals surface area contributed by atoms with E-state index < -0.39 is 0 Å². The van der Waals surface area contributed by atoms with Gasteiger partial charge in [-0.25, -0.2) is 4.98 Å². The fraction of sp³-hybridized carbons (Fsp3) is 0.312. The van der Waals surface area contributed by atoms with E-state index >= 15 is 0 Å². The number of aryl methyl sites for hydroxylation is 1. The van der Waals surface area contributed by atoms with E-state index in [0.29, 0.717) is 12.2 Å². The molecule has 0 aliphatic heterocycles. The van der Waals surface area contributed by atoms with Crippen molar-refractivity contribution in [3.63, 3.8) is 0 Å². The van der Waals surface area contributed by atoms with E-state index in [2.05, 4.69) is 27.8 Å². The molecule has 0 atom stereocenters. The molecule has 5 heteroatoms. The van der Waals surface area contributed by atoms with Crippen molar-refractivity contribution < 1.29 is 0 Å². The van der Waals surface area contributed by atoms with Gasteiger partial charge in [0.1, 0.15) is 11.6 Å². The molecule has 108 valence electrons. The second-order valence-electron chi connectivity index (χ2n) is 5.22. The van der Waals surface area contributed by atoms with E-state index in [-0.39, 0.29) is 0 Å². The molecule has 0 bridgehead atoms. The second kappa shape index (κ2) is 5.16. The van der Waals surface area contributed by atoms with Gasteiger partial charge in [-0.2, -0.15) is 5.10 Å². The maximum Gasteiger partial charge on any atom is 0.149 e. The van der Waals surface area contributed by atoms with Crippen molar-refractivity contribution in [3.05, 3.63) is 46.9 Å². The summed E-state index contributed by atoms with van der Waals surface area (Å²) in [5.74, 6) is 1.51. The number of fused-ring (bicyclic) bond motifs is 1. The summed E-state index contributed by atoms with van der Waals surface area (Å²) in [5.41, 5.74) is 11.0. The Morgan fingerprint density at radius 1 is 1.10 bits per heavy atom. The lowest BCUT2D eigenvalue weighted by Gasteiger charge is -2.09. The number of para-hydroxylation sites is 2. The second-order valence-corrected chi connectivity index (χ2v) is 5.22. The molecule has 1 aromatic carbocycles. The molecule has 0 aliphatic carbocycles. The average molecular weight is 281 g/mol. The molecule has 2 N–H and O–H groups in total. The minimum Gasteiger partial charge on any atom is -0.382 e. The van der Waals surface area contributed by atoms with Gasteiger partial charge in [-0.1, -0.05) is 12.1 Å². The van der Waals surface area contributed by atoms with Gasteiger partial charge >= 0.3 is 0 Å². The standard InChI is InChI=1S/C16H19N5/c1-4-21-14-8-6-5-7-12(14)18-15(21)9-13-10(2)11(3)16(17)20-19-13/h5-8H,4,9H2,1-3H3,(H2,17,20). The van der Waals surface area contributed by atoms with Crippen molar-refractivity contribution in [1.29, 1.82) is 0 Å². The number of rotatable bonds is 3. The highest BCUT2D eigenvalue weighted by atomic mass is 15.1. The Hall–Kier alpha value is -2.43. The van der Waals surface area contributed by atoms with Gasteiger partial charge in [-0.3, -0.25) is 0 Å². The Morgan fingerprint density at radius 2 is 1.86 bits per heavy atom. The first-order valence-electron chi connectivity index (χ1n) is 7.14. The number of nitrogen functional groups attached to an aromatic ring is 1. The van der Waals surface area contributed by atoms with Crippen molar-refractivity contribution in [3.8, 4) is 0 Å². The average Bonchev–Trinajstić information content (AvgIpc) is 2.85. The molecule has 5 nitrogen and oxygen atoms in total. The first-order valence-corrected chi connectivity index (χ1v) is 7.14. The first kappa shape index (κ1) is 13.5. The van der Waals surface area contributed by atoms with Crippen LogP contribution in [0.5, 0.6) is 0 Å². The predicted molar refractivity (Wildman–Crippen MR) is 84.1 cm³/mol. The zero-order valence-corrected chi connectivity index (χ0v) is 12.6. The highest BCUT2D eigenvalue weighted by Gasteiger charge is 2.14. The maximum atomic E-state index is 5.81. The Morgan fingerprint density at radius 3 is 2.62 bits per heavy atom. The van der Waals surface area contributed by atoms with Crippen LogP contribution in [0.25, 0.3) is 11.0 Å². The molecule has 0 fully saturated rings. The molecule has 0 spiro atoms. The van der Waals surface area contributed by atoms with Crippen LogP contribution in [-0.4, -0.2) is 19.7 Å². The van der Waals surface area contributed by atoms with Gasteiger partial charge in [0.25, 0.3) is 0 Å². The number of hydrogen-bond acceptors (Lipinski definition) is 4. The number of nitrogens with zero attached hydrogens (tertiary/aromatic N) is 4. The van der Waals surface area contributed by atoms with Gasteiger partial charge in [0, 0.05) is 6.54 Å². The molecule has 21 heavy (non-hydrogen) atoms. The largest absolute Gasteiger partial charge is 0.382 e. The number of benzene rings is 1. The zero-order chi connectivity index (χ0) is 15.0. The summed E-state index contributed by atoms with van der Waals surface area (Å²) >= 11 is 0. The topological polar surface area (TPSA) is 69.6 Å². The molecular weight excluding hydrogens is 262 g/mol. The molecule has 2 heterocycles. The highest BCUT2D eigenvalue weighted by Crippen LogP contribution is 2.21. The lowest BCUT2D eigenvalue weighted by Crippen LogP contribution is -2.09. The number of anilines is 1. The van der Waals surface area contributed by atoms with Gasteiger partial charge in [-0.15, -0.1) is 5.10 Å². The quantitative estimate of drug-likeness (QED) is 0.801. The minimum atomic E-state index is 0.500. The molecule has 0 aliphatic rings. The van der Waals surface area contributed by atoms with E-state index in [1.807, 2.05) is 32.0 Å².